The van der Waals surface area contributed by atoms with Crippen molar-refractivity contribution in [1.82, 2.24) is 14.9 Å². The molecular weight excluding hydrogens is 310 g/mol. The summed E-state index contributed by atoms with van der Waals surface area (Å²) in [5, 5.41) is 3.22. The van der Waals surface area contributed by atoms with Crippen LogP contribution in [-0.2, 0) is 11.3 Å². The highest BCUT2D eigenvalue weighted by Crippen LogP contribution is 2.10. The van der Waals surface area contributed by atoms with Gasteiger partial charge in [-0.25, -0.2) is 4.98 Å². The molecule has 0 saturated carbocycles. The molecule has 7 nitrogen and oxygen atoms in total. The summed E-state index contributed by atoms with van der Waals surface area (Å²) in [7, 11) is 1.56. The number of benzene rings is 1. The van der Waals surface area contributed by atoms with Gasteiger partial charge in [0.05, 0.1) is 30.4 Å². The van der Waals surface area contributed by atoms with Crippen LogP contribution < -0.4 is 10.9 Å². The summed E-state index contributed by atoms with van der Waals surface area (Å²) in [6.45, 7) is 1.04. The van der Waals surface area contributed by atoms with Crippen LogP contribution in [0.1, 0.15) is 16.3 Å². The first kappa shape index (κ1) is 15.9. The Morgan fingerprint density at radius 1 is 1.29 bits per heavy atom. The van der Waals surface area contributed by atoms with E-state index in [0.717, 1.165) is 0 Å². The molecule has 0 aliphatic rings. The molecule has 1 aromatic carbocycles. The molecule has 1 N–H and O–H groups in total. The molecule has 3 rings (SSSR count). The molecule has 1 amide bonds. The molecule has 2 aromatic heterocycles. The molecular formula is C17H17N3O4. The maximum atomic E-state index is 12.4. The van der Waals surface area contributed by atoms with Crippen LogP contribution >= 0.6 is 0 Å². The summed E-state index contributed by atoms with van der Waals surface area (Å²) in [4.78, 5) is 28.6. The Labute approximate surface area is 137 Å². The normalized spacial score (nSPS) is 10.9. The largest absolute Gasteiger partial charge is 0.454 e. The number of rotatable bonds is 6. The zero-order valence-electron chi connectivity index (χ0n) is 13.2. The number of carbonyl (C=O) groups is 1. The number of nitrogens with zero attached hydrogens (tertiary/aromatic N) is 2. The summed E-state index contributed by atoms with van der Waals surface area (Å²) < 4.78 is 11.8. The van der Waals surface area contributed by atoms with Crippen LogP contribution in [0.4, 0.5) is 0 Å². The number of fused-ring (bicyclic) bond motifs is 1. The number of methoxy groups -OCH3 is 1. The Balaban J connectivity index is 1.76. The van der Waals surface area contributed by atoms with Crippen LogP contribution in [0.25, 0.3) is 10.9 Å². The molecule has 3 aromatic rings. The van der Waals surface area contributed by atoms with Gasteiger partial charge in [0.15, 0.2) is 5.76 Å². The zero-order valence-corrected chi connectivity index (χ0v) is 13.2. The molecule has 0 bridgehead atoms. The molecule has 0 aliphatic carbocycles. The number of para-hydroxylation sites is 1. The second-order valence-electron chi connectivity index (χ2n) is 5.21. The van der Waals surface area contributed by atoms with Crippen LogP contribution in [-0.4, -0.2) is 35.7 Å². The summed E-state index contributed by atoms with van der Waals surface area (Å²) in [6.07, 6.45) is 1.48. The summed E-state index contributed by atoms with van der Waals surface area (Å²) in [5.74, 6) is 0.385. The third kappa shape index (κ3) is 3.36. The highest BCUT2D eigenvalue weighted by atomic mass is 16.5. The predicted octanol–water partition coefficient (Wildman–Crippen LogP) is 1.41. The van der Waals surface area contributed by atoms with E-state index in [4.69, 9.17) is 9.15 Å². The van der Waals surface area contributed by atoms with Crippen LogP contribution in [0.3, 0.4) is 0 Å². The lowest BCUT2D eigenvalue weighted by molar-refractivity contribution is 0.0907. The van der Waals surface area contributed by atoms with E-state index in [2.05, 4.69) is 10.3 Å². The van der Waals surface area contributed by atoms with Crippen molar-refractivity contribution in [3.05, 3.63) is 64.6 Å². The highest BCUT2D eigenvalue weighted by molar-refractivity contribution is 5.91. The fourth-order valence-electron chi connectivity index (χ4n) is 2.33. The van der Waals surface area contributed by atoms with Crippen molar-refractivity contribution in [2.75, 3.05) is 20.3 Å². The predicted molar refractivity (Wildman–Crippen MR) is 88.0 cm³/mol. The maximum Gasteiger partial charge on any atom is 0.287 e. The Hall–Kier alpha value is -2.93. The van der Waals surface area contributed by atoms with Crippen molar-refractivity contribution < 1.29 is 13.9 Å². The first-order valence-corrected chi connectivity index (χ1v) is 7.49. The van der Waals surface area contributed by atoms with Gasteiger partial charge in [0.2, 0.25) is 0 Å². The lowest BCUT2D eigenvalue weighted by Crippen LogP contribution is -2.26. The molecule has 0 fully saturated rings. The summed E-state index contributed by atoms with van der Waals surface area (Å²) >= 11 is 0. The monoisotopic (exact) mass is 327 g/mol. The Kier molecular flexibility index (Phi) is 4.72. The van der Waals surface area contributed by atoms with Crippen LogP contribution in [0.2, 0.25) is 0 Å². The van der Waals surface area contributed by atoms with Crippen molar-refractivity contribution in [1.29, 1.82) is 0 Å². The second kappa shape index (κ2) is 7.10. The van der Waals surface area contributed by atoms with Crippen molar-refractivity contribution >= 4 is 16.8 Å². The average Bonchev–Trinajstić information content (AvgIpc) is 3.06. The van der Waals surface area contributed by atoms with E-state index in [0.29, 0.717) is 29.8 Å². The molecule has 0 unspecified atom stereocenters. The molecule has 7 heteroatoms. The third-order valence-electron chi connectivity index (χ3n) is 3.53. The van der Waals surface area contributed by atoms with Gasteiger partial charge in [-0.2, -0.15) is 0 Å². The number of aromatic nitrogens is 2. The van der Waals surface area contributed by atoms with E-state index in [1.165, 1.54) is 10.9 Å². The van der Waals surface area contributed by atoms with Crippen LogP contribution in [0.5, 0.6) is 0 Å². The Morgan fingerprint density at radius 3 is 2.96 bits per heavy atom. The molecule has 124 valence electrons. The van der Waals surface area contributed by atoms with Crippen LogP contribution in [0, 0.1) is 0 Å². The number of amides is 1. The number of hydrogen-bond donors (Lipinski definition) is 1. The number of hydrogen-bond acceptors (Lipinski definition) is 5. The van der Waals surface area contributed by atoms with E-state index >= 15 is 0 Å². The Morgan fingerprint density at radius 2 is 2.12 bits per heavy atom. The van der Waals surface area contributed by atoms with Crippen LogP contribution in [0.15, 0.2) is 51.9 Å². The molecule has 24 heavy (non-hydrogen) atoms. The summed E-state index contributed by atoms with van der Waals surface area (Å²) in [5.41, 5.74) is 0.500. The maximum absolute atomic E-state index is 12.4. The van der Waals surface area contributed by atoms with Gasteiger partial charge in [-0.05, 0) is 24.3 Å². The zero-order chi connectivity index (χ0) is 16.9. The van der Waals surface area contributed by atoms with Gasteiger partial charge in [-0.1, -0.05) is 12.1 Å². The van der Waals surface area contributed by atoms with Gasteiger partial charge in [-0.3, -0.25) is 14.2 Å². The molecule has 0 atom stereocenters. The smallest absolute Gasteiger partial charge is 0.287 e. The molecule has 0 aliphatic heterocycles. The minimum Gasteiger partial charge on any atom is -0.454 e. The van der Waals surface area contributed by atoms with Gasteiger partial charge in [0, 0.05) is 13.7 Å². The highest BCUT2D eigenvalue weighted by Gasteiger charge is 2.12. The lowest BCUT2D eigenvalue weighted by Gasteiger charge is -2.05. The minimum absolute atomic E-state index is 0.150. The number of furan rings is 1. The second-order valence-corrected chi connectivity index (χ2v) is 5.21. The fourth-order valence-corrected chi connectivity index (χ4v) is 2.33. The summed E-state index contributed by atoms with van der Waals surface area (Å²) in [6, 6.07) is 10.4. The SMILES string of the molecule is COCCNC(=O)c1ccc(Cn2cnc3ccccc3c2=O)o1. The van der Waals surface area contributed by atoms with E-state index in [1.54, 1.807) is 37.4 Å². The van der Waals surface area contributed by atoms with Gasteiger partial charge >= 0.3 is 0 Å². The van der Waals surface area contributed by atoms with Crippen molar-refractivity contribution in [3.8, 4) is 0 Å². The first-order valence-electron chi connectivity index (χ1n) is 7.49. The van der Waals surface area contributed by atoms with Gasteiger partial charge < -0.3 is 14.5 Å². The minimum atomic E-state index is -0.317. The quantitative estimate of drug-likeness (QED) is 0.692. The molecule has 2 heterocycles. The fraction of sp³-hybridized carbons (Fsp3) is 0.235. The molecule has 0 saturated heterocycles. The number of nitrogens with one attached hydrogen (secondary N) is 1. The number of ether oxygens (including phenoxy) is 1. The van der Waals surface area contributed by atoms with E-state index < -0.39 is 0 Å². The molecule has 0 radical (unpaired) electrons. The van der Waals surface area contributed by atoms with E-state index in [1.807, 2.05) is 6.07 Å². The Bertz CT molecular complexity index is 913. The third-order valence-corrected chi connectivity index (χ3v) is 3.53. The van der Waals surface area contributed by atoms with Gasteiger partial charge in [-0.15, -0.1) is 0 Å². The first-order chi connectivity index (χ1) is 11.7. The average molecular weight is 327 g/mol. The van der Waals surface area contributed by atoms with E-state index in [-0.39, 0.29) is 23.8 Å². The number of carbonyl (C=O) groups excluding carboxylic acids is 1. The van der Waals surface area contributed by atoms with Crippen molar-refractivity contribution in [3.63, 3.8) is 0 Å². The lowest BCUT2D eigenvalue weighted by atomic mass is 10.2. The topological polar surface area (TPSA) is 86.4 Å². The standard InChI is InChI=1S/C17H17N3O4/c1-23-9-8-18-16(21)15-7-6-12(24-15)10-20-11-19-14-5-3-2-4-13(14)17(20)22/h2-7,11H,8-10H2,1H3,(H,18,21). The molecule has 0 spiro atoms. The van der Waals surface area contributed by atoms with E-state index in [9.17, 15) is 9.59 Å². The van der Waals surface area contributed by atoms with Crippen molar-refractivity contribution in [2.24, 2.45) is 0 Å². The van der Waals surface area contributed by atoms with Crippen molar-refractivity contribution in [2.45, 2.75) is 6.54 Å². The van der Waals surface area contributed by atoms with Gasteiger partial charge in [0.1, 0.15) is 5.76 Å². The van der Waals surface area contributed by atoms with Gasteiger partial charge in [0.25, 0.3) is 11.5 Å².